The largest absolute Gasteiger partial charge is 0.491 e. The first-order valence-electron chi connectivity index (χ1n) is 17.4. The van der Waals surface area contributed by atoms with Gasteiger partial charge in [-0.3, -0.25) is 24.1 Å². The predicted molar refractivity (Wildman–Crippen MR) is 191 cm³/mol. The molecule has 6 unspecified atom stereocenters. The fourth-order valence-corrected chi connectivity index (χ4v) is 9.20. The molecule has 1 heterocycles. The molecule has 1 saturated heterocycles. The number of carboxylic acids is 1. The minimum atomic E-state index is -1.36. The lowest BCUT2D eigenvalue weighted by Crippen LogP contribution is -2.58. The molecule has 0 aromatic heterocycles. The number of ketones is 2. The van der Waals surface area contributed by atoms with E-state index in [0.717, 1.165) is 16.0 Å². The van der Waals surface area contributed by atoms with E-state index in [1.165, 1.54) is 24.3 Å². The van der Waals surface area contributed by atoms with Crippen molar-refractivity contribution < 1.29 is 38.9 Å². The van der Waals surface area contributed by atoms with E-state index < -0.39 is 52.8 Å². The molecule has 1 aliphatic heterocycles. The molecule has 2 N–H and O–H groups in total. The molecule has 9 heteroatoms. The van der Waals surface area contributed by atoms with Crippen LogP contribution in [0, 0.1) is 23.7 Å². The number of benzene rings is 4. The van der Waals surface area contributed by atoms with E-state index in [4.69, 9.17) is 4.74 Å². The Morgan fingerprint density at radius 2 is 1.54 bits per heavy atom. The zero-order valence-electron chi connectivity index (χ0n) is 28.1. The lowest BCUT2D eigenvalue weighted by atomic mass is 9.44. The molecular weight excluding hydrogens is 658 g/mol. The molecule has 1 saturated carbocycles. The molecule has 2 amide bonds. The third-order valence-electron chi connectivity index (χ3n) is 11.3. The smallest absolute Gasteiger partial charge is 0.335 e. The molecule has 2 fully saturated rings. The number of nitrogens with zero attached hydrogens (tertiary/aromatic N) is 1. The van der Waals surface area contributed by atoms with Crippen molar-refractivity contribution in [3.8, 4) is 5.75 Å². The Balaban J connectivity index is 1.32. The van der Waals surface area contributed by atoms with Crippen LogP contribution in [0.15, 0.2) is 127 Å². The Labute approximate surface area is 299 Å². The first-order valence-corrected chi connectivity index (χ1v) is 17.4. The summed E-state index contributed by atoms with van der Waals surface area (Å²) in [6, 6.07) is 31.5. The van der Waals surface area contributed by atoms with Crippen LogP contribution in [0.5, 0.6) is 5.75 Å². The van der Waals surface area contributed by atoms with E-state index in [0.29, 0.717) is 22.4 Å². The number of aliphatic hydroxyl groups is 1. The summed E-state index contributed by atoms with van der Waals surface area (Å²) in [4.78, 5) is 71.7. The lowest BCUT2D eigenvalue weighted by Gasteiger charge is -2.55. The minimum absolute atomic E-state index is 0.0462. The van der Waals surface area contributed by atoms with E-state index in [1.54, 1.807) is 18.2 Å². The summed E-state index contributed by atoms with van der Waals surface area (Å²) >= 11 is 0. The van der Waals surface area contributed by atoms with Gasteiger partial charge in [-0.25, -0.2) is 4.79 Å². The number of aromatic carboxylic acids is 1. The van der Waals surface area contributed by atoms with Crippen molar-refractivity contribution in [3.63, 3.8) is 0 Å². The van der Waals surface area contributed by atoms with Crippen molar-refractivity contribution in [2.75, 3.05) is 18.1 Å². The van der Waals surface area contributed by atoms with Crippen molar-refractivity contribution in [2.24, 2.45) is 23.7 Å². The minimum Gasteiger partial charge on any atom is -0.491 e. The van der Waals surface area contributed by atoms with Gasteiger partial charge in [0.25, 0.3) is 0 Å². The number of hydrogen-bond donors (Lipinski definition) is 2. The number of carbonyl (C=O) groups excluding carboxylic acids is 4. The number of aliphatic hydroxyl groups excluding tert-OH is 1. The second-order valence-corrected chi connectivity index (χ2v) is 13.8. The van der Waals surface area contributed by atoms with E-state index in [1.807, 2.05) is 78.9 Å². The van der Waals surface area contributed by atoms with E-state index in [2.05, 4.69) is 0 Å². The summed E-state index contributed by atoms with van der Waals surface area (Å²) in [5.41, 5.74) is 1.99. The molecule has 52 heavy (non-hydrogen) atoms. The van der Waals surface area contributed by atoms with Gasteiger partial charge in [0.1, 0.15) is 12.4 Å². The summed E-state index contributed by atoms with van der Waals surface area (Å²) in [5.74, 6) is -5.58. The number of rotatable bonds is 8. The van der Waals surface area contributed by atoms with Crippen LogP contribution in [-0.4, -0.2) is 52.8 Å². The zero-order valence-corrected chi connectivity index (χ0v) is 28.1. The van der Waals surface area contributed by atoms with E-state index >= 15 is 9.59 Å². The van der Waals surface area contributed by atoms with Crippen LogP contribution < -0.4 is 9.64 Å². The summed E-state index contributed by atoms with van der Waals surface area (Å²) in [6.07, 6.45) is 3.88. The van der Waals surface area contributed by atoms with Gasteiger partial charge in [-0.1, -0.05) is 90.5 Å². The van der Waals surface area contributed by atoms with Crippen LogP contribution >= 0.6 is 0 Å². The number of amides is 2. The number of anilines is 1. The first kappa shape index (κ1) is 33.2. The van der Waals surface area contributed by atoms with Gasteiger partial charge < -0.3 is 14.9 Å². The number of fused-ring (bicyclic) bond motifs is 4. The predicted octanol–water partition coefficient (Wildman–Crippen LogP) is 5.78. The van der Waals surface area contributed by atoms with Crippen LogP contribution in [0.1, 0.15) is 45.8 Å². The topological polar surface area (TPSA) is 138 Å². The maximum absolute atomic E-state index is 15.1. The van der Waals surface area contributed by atoms with Crippen LogP contribution in [0.2, 0.25) is 0 Å². The van der Waals surface area contributed by atoms with Crippen molar-refractivity contribution in [3.05, 3.63) is 149 Å². The summed E-state index contributed by atoms with van der Waals surface area (Å²) in [6.45, 7) is -0.0471. The third-order valence-corrected chi connectivity index (χ3v) is 11.3. The Morgan fingerprint density at radius 3 is 2.23 bits per heavy atom. The highest BCUT2D eigenvalue weighted by molar-refractivity contribution is 6.32. The molecule has 4 aromatic carbocycles. The third kappa shape index (κ3) is 5.06. The fourth-order valence-electron chi connectivity index (χ4n) is 9.20. The maximum atomic E-state index is 15.1. The standard InChI is InChI=1S/C43H35NO8/c45-20-21-52-30-16-14-26(15-17-30)38-31-18-19-32-37(41(49)44(40(32)48)29-13-7-10-27(22-29)42(50)51)34(31)23-35-39(47)33(25-8-3-1-4-9-25)24-36(46)43(35,38)28-11-5-2-6-12-28/h1-18,22,24,32,34-35,37-38,45H,19-21,23H2,(H,50,51). The van der Waals surface area contributed by atoms with Gasteiger partial charge in [0.05, 0.1) is 35.1 Å². The van der Waals surface area contributed by atoms with Crippen LogP contribution in [0.3, 0.4) is 0 Å². The zero-order chi connectivity index (χ0) is 36.1. The second kappa shape index (κ2) is 13.0. The number of ether oxygens (including phenoxy) is 1. The van der Waals surface area contributed by atoms with Crippen molar-refractivity contribution in [1.29, 1.82) is 0 Å². The molecule has 8 rings (SSSR count). The van der Waals surface area contributed by atoms with Gasteiger partial charge in [0, 0.05) is 17.4 Å². The molecule has 9 nitrogen and oxygen atoms in total. The number of allylic oxidation sites excluding steroid dienone is 4. The molecule has 0 bridgehead atoms. The molecule has 0 spiro atoms. The van der Waals surface area contributed by atoms with E-state index in [-0.39, 0.29) is 48.9 Å². The Bertz CT molecular complexity index is 2170. The normalized spacial score (nSPS) is 26.6. The highest BCUT2D eigenvalue weighted by Crippen LogP contribution is 2.63. The molecule has 4 aromatic rings. The van der Waals surface area contributed by atoms with Crippen LogP contribution in [0.4, 0.5) is 5.69 Å². The summed E-state index contributed by atoms with van der Waals surface area (Å²) < 4.78 is 5.66. The van der Waals surface area contributed by atoms with Crippen molar-refractivity contribution >= 4 is 40.6 Å². The number of carbonyl (C=O) groups is 5. The number of Topliss-reactive ketones (excluding diaryl/α,β-unsaturated/α-hetero) is 1. The maximum Gasteiger partial charge on any atom is 0.335 e. The fraction of sp³-hybridized carbons (Fsp3) is 0.233. The van der Waals surface area contributed by atoms with E-state index in [9.17, 15) is 24.6 Å². The summed E-state index contributed by atoms with van der Waals surface area (Å²) in [7, 11) is 0. The molecule has 0 radical (unpaired) electrons. The monoisotopic (exact) mass is 693 g/mol. The number of imide groups is 1. The van der Waals surface area contributed by atoms with Crippen molar-refractivity contribution in [2.45, 2.75) is 24.2 Å². The highest BCUT2D eigenvalue weighted by atomic mass is 16.5. The molecule has 3 aliphatic carbocycles. The Morgan fingerprint density at radius 1 is 0.827 bits per heavy atom. The molecule has 6 atom stereocenters. The van der Waals surface area contributed by atoms with Gasteiger partial charge in [0.2, 0.25) is 11.8 Å². The first-order chi connectivity index (χ1) is 25.2. The molecular formula is C43H35NO8. The quantitative estimate of drug-likeness (QED) is 0.175. The van der Waals surface area contributed by atoms with Gasteiger partial charge >= 0.3 is 5.97 Å². The average molecular weight is 694 g/mol. The highest BCUT2D eigenvalue weighted by Gasteiger charge is 2.66. The summed E-state index contributed by atoms with van der Waals surface area (Å²) in [5, 5.41) is 19.0. The second-order valence-electron chi connectivity index (χ2n) is 13.8. The number of hydrogen-bond acceptors (Lipinski definition) is 7. The van der Waals surface area contributed by atoms with Gasteiger partial charge in [0.15, 0.2) is 11.6 Å². The van der Waals surface area contributed by atoms with Crippen LogP contribution in [-0.2, 0) is 24.6 Å². The van der Waals surface area contributed by atoms with Crippen molar-refractivity contribution in [1.82, 2.24) is 0 Å². The lowest BCUT2D eigenvalue weighted by molar-refractivity contribution is -0.135. The van der Waals surface area contributed by atoms with Gasteiger partial charge in [-0.15, -0.1) is 0 Å². The molecule has 260 valence electrons. The Kier molecular flexibility index (Phi) is 8.30. The number of carboxylic acid groups (broad SMARTS) is 1. The van der Waals surface area contributed by atoms with Gasteiger partial charge in [-0.05, 0) is 71.9 Å². The average Bonchev–Trinajstić information content (AvgIpc) is 3.44. The SMILES string of the molecule is O=C(O)c1cccc(N2C(=O)C3CC=C4C(CC5C(=O)C(c6ccccc6)=CC(=O)C5(c5ccccc5)C4c4ccc(OCCO)cc4)C3C2=O)c1. The molecule has 4 aliphatic rings. The van der Waals surface area contributed by atoms with Gasteiger partial charge in [-0.2, -0.15) is 0 Å². The van der Waals surface area contributed by atoms with Crippen LogP contribution in [0.25, 0.3) is 5.57 Å². The Hall–Kier alpha value is -5.93.